The summed E-state index contributed by atoms with van der Waals surface area (Å²) < 4.78 is 29.1. The summed E-state index contributed by atoms with van der Waals surface area (Å²) in [5.41, 5.74) is 2.94. The Morgan fingerprint density at radius 1 is 1.24 bits per heavy atom. The van der Waals surface area contributed by atoms with Gasteiger partial charge in [0.15, 0.2) is 0 Å². The Hall–Kier alpha value is -1.62. The van der Waals surface area contributed by atoms with Crippen molar-refractivity contribution in [3.05, 3.63) is 41.5 Å². The number of aryl methyl sites for hydroxylation is 1. The normalized spacial score (nSPS) is 20.6. The summed E-state index contributed by atoms with van der Waals surface area (Å²) >= 11 is 0. The maximum atomic E-state index is 12.1. The Morgan fingerprint density at radius 2 is 1.90 bits per heavy atom. The van der Waals surface area contributed by atoms with Gasteiger partial charge in [-0.2, -0.15) is 8.42 Å². The molecule has 0 fully saturated rings. The lowest BCUT2D eigenvalue weighted by atomic mass is 9.99. The van der Waals surface area contributed by atoms with Crippen LogP contribution in [0.25, 0.3) is 0 Å². The van der Waals surface area contributed by atoms with Crippen molar-refractivity contribution in [2.24, 2.45) is 11.1 Å². The van der Waals surface area contributed by atoms with Crippen molar-refractivity contribution in [2.75, 3.05) is 0 Å². The fraction of sp³-hybridized carbons (Fsp3) is 0.438. The second kappa shape index (κ2) is 6.43. The predicted molar refractivity (Wildman–Crippen MR) is 83.7 cm³/mol. The molecule has 4 nitrogen and oxygen atoms in total. The van der Waals surface area contributed by atoms with Gasteiger partial charge in [0.1, 0.15) is 4.90 Å². The molecule has 1 atom stereocenters. The van der Waals surface area contributed by atoms with Crippen LogP contribution in [0.1, 0.15) is 38.7 Å². The van der Waals surface area contributed by atoms with Gasteiger partial charge in [-0.25, -0.2) is 0 Å². The molecule has 1 aliphatic carbocycles. The van der Waals surface area contributed by atoms with Crippen LogP contribution in [0.5, 0.6) is 0 Å². The molecular formula is C16H21NO3S. The van der Waals surface area contributed by atoms with E-state index in [0.717, 1.165) is 30.5 Å². The second-order valence-corrected chi connectivity index (χ2v) is 7.07. The third-order valence-electron chi connectivity index (χ3n) is 3.57. The van der Waals surface area contributed by atoms with Gasteiger partial charge in [-0.15, -0.1) is 0 Å². The summed E-state index contributed by atoms with van der Waals surface area (Å²) in [6.07, 6.45) is 4.88. The van der Waals surface area contributed by atoms with E-state index in [9.17, 15) is 8.42 Å². The maximum Gasteiger partial charge on any atom is 0.358 e. The molecule has 0 heterocycles. The first kappa shape index (κ1) is 15.8. The molecule has 1 unspecified atom stereocenters. The van der Waals surface area contributed by atoms with Crippen molar-refractivity contribution in [3.8, 4) is 0 Å². The Morgan fingerprint density at radius 3 is 2.52 bits per heavy atom. The summed E-state index contributed by atoms with van der Waals surface area (Å²) in [7, 11) is -3.84. The summed E-state index contributed by atoms with van der Waals surface area (Å²) in [6, 6.07) is 6.54. The molecule has 2 rings (SSSR count). The van der Waals surface area contributed by atoms with E-state index in [-0.39, 0.29) is 10.8 Å². The van der Waals surface area contributed by atoms with Crippen LogP contribution in [0, 0.1) is 12.8 Å². The molecule has 114 valence electrons. The van der Waals surface area contributed by atoms with Crippen LogP contribution in [0.15, 0.2) is 46.0 Å². The molecule has 1 aliphatic rings. The van der Waals surface area contributed by atoms with Gasteiger partial charge < -0.3 is 0 Å². The third-order valence-corrected chi connectivity index (χ3v) is 4.69. The molecule has 0 saturated heterocycles. The van der Waals surface area contributed by atoms with Gasteiger partial charge in [0, 0.05) is 5.92 Å². The fourth-order valence-corrected chi connectivity index (χ4v) is 3.20. The number of hydrogen-bond donors (Lipinski definition) is 0. The average Bonchev–Trinajstić information content (AvgIpc) is 2.78. The topological polar surface area (TPSA) is 55.7 Å². The quantitative estimate of drug-likeness (QED) is 0.777. The van der Waals surface area contributed by atoms with Gasteiger partial charge in [-0.1, -0.05) is 41.8 Å². The Kier molecular flexibility index (Phi) is 4.83. The molecule has 0 radical (unpaired) electrons. The lowest BCUT2D eigenvalue weighted by molar-refractivity contribution is 0.335. The summed E-state index contributed by atoms with van der Waals surface area (Å²) in [5, 5.41) is 3.90. The van der Waals surface area contributed by atoms with Gasteiger partial charge in [-0.05, 0) is 44.9 Å². The van der Waals surface area contributed by atoms with E-state index in [1.54, 1.807) is 12.1 Å². The molecule has 5 heteroatoms. The predicted octanol–water partition coefficient (Wildman–Crippen LogP) is 3.82. The van der Waals surface area contributed by atoms with Gasteiger partial charge in [0.05, 0.1) is 5.71 Å². The van der Waals surface area contributed by atoms with Gasteiger partial charge in [-0.3, -0.25) is 4.28 Å². The van der Waals surface area contributed by atoms with Crippen LogP contribution in [0.2, 0.25) is 0 Å². The summed E-state index contributed by atoms with van der Waals surface area (Å²) in [5.74, 6) is 0.267. The largest absolute Gasteiger partial charge is 0.358 e. The number of rotatable bonds is 5. The van der Waals surface area contributed by atoms with E-state index < -0.39 is 10.1 Å². The monoisotopic (exact) mass is 307 g/mol. The minimum Gasteiger partial charge on any atom is -0.265 e. The van der Waals surface area contributed by atoms with Crippen molar-refractivity contribution < 1.29 is 12.7 Å². The average molecular weight is 307 g/mol. The molecule has 0 N–H and O–H groups in total. The van der Waals surface area contributed by atoms with Crippen molar-refractivity contribution in [2.45, 2.75) is 44.9 Å². The molecule has 0 saturated carbocycles. The highest BCUT2D eigenvalue weighted by Crippen LogP contribution is 2.27. The van der Waals surface area contributed by atoms with Crippen molar-refractivity contribution in [1.29, 1.82) is 0 Å². The highest BCUT2D eigenvalue weighted by atomic mass is 32.2. The fourth-order valence-electron chi connectivity index (χ4n) is 2.46. The number of oxime groups is 1. The van der Waals surface area contributed by atoms with Crippen LogP contribution in [0.3, 0.4) is 0 Å². The smallest absolute Gasteiger partial charge is 0.265 e. The second-order valence-electron chi connectivity index (χ2n) is 5.54. The van der Waals surface area contributed by atoms with E-state index in [0.29, 0.717) is 0 Å². The van der Waals surface area contributed by atoms with Crippen molar-refractivity contribution in [1.82, 2.24) is 0 Å². The van der Waals surface area contributed by atoms with Crippen LogP contribution in [-0.2, 0) is 14.4 Å². The molecule has 21 heavy (non-hydrogen) atoms. The lowest BCUT2D eigenvalue weighted by Crippen LogP contribution is -2.10. The minimum absolute atomic E-state index is 0.128. The first-order chi connectivity index (χ1) is 9.92. The van der Waals surface area contributed by atoms with Crippen LogP contribution >= 0.6 is 0 Å². The molecular weight excluding hydrogens is 286 g/mol. The van der Waals surface area contributed by atoms with E-state index in [1.165, 1.54) is 17.7 Å². The van der Waals surface area contributed by atoms with Gasteiger partial charge >= 0.3 is 10.1 Å². The van der Waals surface area contributed by atoms with E-state index >= 15 is 0 Å². The Balaban J connectivity index is 2.17. The number of allylic oxidation sites excluding steroid dienone is 2. The third kappa shape index (κ3) is 3.94. The van der Waals surface area contributed by atoms with Crippen molar-refractivity contribution in [3.63, 3.8) is 0 Å². The lowest BCUT2D eigenvalue weighted by Gasteiger charge is -2.09. The molecule has 0 amide bonds. The number of benzene rings is 1. The zero-order valence-electron chi connectivity index (χ0n) is 12.7. The highest BCUT2D eigenvalue weighted by Gasteiger charge is 2.23. The van der Waals surface area contributed by atoms with Crippen LogP contribution in [-0.4, -0.2) is 14.1 Å². The highest BCUT2D eigenvalue weighted by molar-refractivity contribution is 7.86. The zero-order valence-corrected chi connectivity index (χ0v) is 13.5. The van der Waals surface area contributed by atoms with Gasteiger partial charge in [0.2, 0.25) is 0 Å². The summed E-state index contributed by atoms with van der Waals surface area (Å²) in [4.78, 5) is 0.128. The van der Waals surface area contributed by atoms with Crippen LogP contribution < -0.4 is 0 Å². The standard InChI is InChI=1S/C16H21NO3S/c1-4-5-14-10-13(3)11-16(14)17-20-21(18,19)15-8-6-12(2)7-9-15/h6-9,11,14H,4-5,10H2,1-3H3/b17-16+. The summed E-state index contributed by atoms with van der Waals surface area (Å²) in [6.45, 7) is 6.04. The molecule has 0 aliphatic heterocycles. The molecule has 1 aromatic rings. The van der Waals surface area contributed by atoms with Gasteiger partial charge in [0.25, 0.3) is 0 Å². The SMILES string of the molecule is CCCC1CC(C)=C/C1=N\OS(=O)(=O)c1ccc(C)cc1. The minimum atomic E-state index is -3.84. The van der Waals surface area contributed by atoms with Crippen molar-refractivity contribution >= 4 is 15.8 Å². The molecule has 0 aromatic heterocycles. The molecule has 1 aromatic carbocycles. The number of nitrogens with zero attached hydrogens (tertiary/aromatic N) is 1. The number of hydrogen-bond acceptors (Lipinski definition) is 4. The van der Waals surface area contributed by atoms with E-state index in [1.807, 2.05) is 19.9 Å². The molecule has 0 bridgehead atoms. The first-order valence-corrected chi connectivity index (χ1v) is 8.58. The first-order valence-electron chi connectivity index (χ1n) is 7.17. The Labute approximate surface area is 126 Å². The van der Waals surface area contributed by atoms with E-state index in [4.69, 9.17) is 4.28 Å². The van der Waals surface area contributed by atoms with Crippen LogP contribution in [0.4, 0.5) is 0 Å². The zero-order chi connectivity index (χ0) is 15.5. The van der Waals surface area contributed by atoms with E-state index in [2.05, 4.69) is 12.1 Å². The maximum absolute atomic E-state index is 12.1. The molecule has 0 spiro atoms. The Bertz CT molecular complexity index is 657.